The number of ether oxygens (including phenoxy) is 1. The van der Waals surface area contributed by atoms with Crippen LogP contribution in [0.1, 0.15) is 59.4 Å². The van der Waals surface area contributed by atoms with Gasteiger partial charge in [-0.05, 0) is 53.0 Å². The van der Waals surface area contributed by atoms with Crippen molar-refractivity contribution in [2.45, 2.75) is 71.7 Å². The quantitative estimate of drug-likeness (QED) is 0.316. The van der Waals surface area contributed by atoms with Gasteiger partial charge in [0.2, 0.25) is 0 Å². The second-order valence-electron chi connectivity index (χ2n) is 8.11. The number of nitrogens with zero attached hydrogens (tertiary/aromatic N) is 1. The minimum absolute atomic E-state index is 0.102. The summed E-state index contributed by atoms with van der Waals surface area (Å²) >= 11 is 0. The fourth-order valence-electron chi connectivity index (χ4n) is 3.00. The van der Waals surface area contributed by atoms with Crippen LogP contribution in [0.3, 0.4) is 0 Å². The van der Waals surface area contributed by atoms with E-state index < -0.39 is 30.9 Å². The first-order valence-corrected chi connectivity index (χ1v) is 12.3. The Morgan fingerprint density at radius 1 is 1.06 bits per heavy atom. The summed E-state index contributed by atoms with van der Waals surface area (Å²) in [7, 11) is -3.76. The van der Waals surface area contributed by atoms with E-state index in [9.17, 15) is 19.3 Å². The van der Waals surface area contributed by atoms with E-state index in [0.29, 0.717) is 25.9 Å². The van der Waals surface area contributed by atoms with Gasteiger partial charge in [-0.25, -0.2) is 4.79 Å². The van der Waals surface area contributed by atoms with Gasteiger partial charge >= 0.3 is 19.7 Å². The van der Waals surface area contributed by atoms with Crippen LogP contribution in [-0.2, 0) is 29.7 Å². The highest BCUT2D eigenvalue weighted by molar-refractivity contribution is 7.55. The lowest BCUT2D eigenvalue weighted by Crippen LogP contribution is -2.37. The second-order valence-corrected chi connectivity index (χ2v) is 10.3. The van der Waals surface area contributed by atoms with Crippen molar-refractivity contribution < 1.29 is 33.0 Å². The first-order chi connectivity index (χ1) is 14.5. The van der Waals surface area contributed by atoms with E-state index in [-0.39, 0.29) is 19.6 Å². The maximum atomic E-state index is 12.9. The summed E-state index contributed by atoms with van der Waals surface area (Å²) in [5, 5.41) is 9.56. The molecule has 0 bridgehead atoms. The average Bonchev–Trinajstić information content (AvgIpc) is 2.66. The molecule has 8 nitrogen and oxygen atoms in total. The molecule has 1 rings (SSSR count). The number of carbonyl (C=O) groups is 2. The van der Waals surface area contributed by atoms with E-state index in [0.717, 1.165) is 5.56 Å². The van der Waals surface area contributed by atoms with Gasteiger partial charge in [0.25, 0.3) is 0 Å². The smallest absolute Gasteiger partial charge is 0.410 e. The Labute approximate surface area is 185 Å². The van der Waals surface area contributed by atoms with Crippen LogP contribution in [0.25, 0.3) is 0 Å². The highest BCUT2D eigenvalue weighted by Crippen LogP contribution is 2.54. The van der Waals surface area contributed by atoms with Gasteiger partial charge in [0.05, 0.1) is 13.2 Å². The van der Waals surface area contributed by atoms with Crippen molar-refractivity contribution in [1.82, 2.24) is 4.90 Å². The molecule has 1 amide bonds. The Bertz CT molecular complexity index is 723. The number of benzene rings is 1. The molecule has 0 radical (unpaired) electrons. The number of carbonyl (C=O) groups excluding carboxylic acids is 1. The molecule has 1 atom stereocenters. The summed E-state index contributed by atoms with van der Waals surface area (Å²) in [6, 6.07) is 9.57. The van der Waals surface area contributed by atoms with E-state index in [2.05, 4.69) is 0 Å². The topological polar surface area (TPSA) is 102 Å². The summed E-state index contributed by atoms with van der Waals surface area (Å²) in [6.45, 7) is 9.68. The Hall–Kier alpha value is -1.89. The molecule has 0 unspecified atom stereocenters. The van der Waals surface area contributed by atoms with Crippen molar-refractivity contribution >= 4 is 19.7 Å². The van der Waals surface area contributed by atoms with Crippen molar-refractivity contribution in [3.05, 3.63) is 35.9 Å². The van der Waals surface area contributed by atoms with Crippen LogP contribution in [0.15, 0.2) is 30.3 Å². The molecule has 0 aliphatic carbocycles. The zero-order chi connectivity index (χ0) is 23.5. The molecule has 0 fully saturated rings. The highest BCUT2D eigenvalue weighted by atomic mass is 31.2. The van der Waals surface area contributed by atoms with Crippen LogP contribution >= 0.6 is 7.60 Å². The normalized spacial score (nSPS) is 12.9. The van der Waals surface area contributed by atoms with Gasteiger partial charge in [-0.3, -0.25) is 9.36 Å². The van der Waals surface area contributed by atoms with Crippen molar-refractivity contribution in [1.29, 1.82) is 0 Å². The molecule has 0 aliphatic heterocycles. The molecule has 0 heterocycles. The van der Waals surface area contributed by atoms with Gasteiger partial charge in [0.15, 0.2) is 5.66 Å². The van der Waals surface area contributed by atoms with Crippen molar-refractivity contribution in [2.24, 2.45) is 0 Å². The maximum absolute atomic E-state index is 12.9. The third kappa shape index (κ3) is 9.85. The predicted octanol–water partition coefficient (Wildman–Crippen LogP) is 5.31. The first-order valence-electron chi connectivity index (χ1n) is 10.7. The Morgan fingerprint density at radius 2 is 1.65 bits per heavy atom. The van der Waals surface area contributed by atoms with Crippen LogP contribution in [0, 0.1) is 0 Å². The van der Waals surface area contributed by atoms with Crippen LogP contribution in [-0.4, -0.2) is 53.1 Å². The van der Waals surface area contributed by atoms with Crippen LogP contribution in [0.4, 0.5) is 4.79 Å². The molecule has 0 saturated heterocycles. The summed E-state index contributed by atoms with van der Waals surface area (Å²) in [5.41, 5.74) is -0.896. The zero-order valence-corrected chi connectivity index (χ0v) is 20.1. The molecule has 176 valence electrons. The highest BCUT2D eigenvalue weighted by Gasteiger charge is 2.40. The van der Waals surface area contributed by atoms with Gasteiger partial charge in [0.1, 0.15) is 5.60 Å². The van der Waals surface area contributed by atoms with Crippen LogP contribution in [0.5, 0.6) is 0 Å². The van der Waals surface area contributed by atoms with Gasteiger partial charge in [-0.15, -0.1) is 0 Å². The molecule has 9 heteroatoms. The molecule has 0 aromatic heterocycles. The van der Waals surface area contributed by atoms with E-state index in [1.807, 2.05) is 51.1 Å². The number of amides is 1. The number of hydrogen-bond donors (Lipinski definition) is 1. The number of carboxylic acids is 1. The molecule has 0 aliphatic rings. The lowest BCUT2D eigenvalue weighted by molar-refractivity contribution is -0.137. The molecule has 1 aromatic carbocycles. The molecular formula is C22H36NO7P. The standard InChI is InChI=1S/C22H36NO7P/c1-6-28-31(27,29-7-2)19(20(24)25)15-11-12-16-23(21(26)30-22(3,4)5)17-18-13-9-8-10-14-18/h8-10,13-14,19H,6-7,11-12,15-17H2,1-5H3,(H,24,25)/t19-/m0/s1. The number of hydrogen-bond acceptors (Lipinski definition) is 6. The number of unbranched alkanes of at least 4 members (excludes halogenated alkanes) is 1. The SMILES string of the molecule is CCOP(=O)(OCC)[C@@H](CCCCN(Cc1ccccc1)C(=O)OC(C)(C)C)C(=O)O. The third-order valence-electron chi connectivity index (χ3n) is 4.31. The van der Waals surface area contributed by atoms with Crippen molar-refractivity contribution in [2.75, 3.05) is 19.8 Å². The zero-order valence-electron chi connectivity index (χ0n) is 19.2. The van der Waals surface area contributed by atoms with E-state index >= 15 is 0 Å². The predicted molar refractivity (Wildman–Crippen MR) is 119 cm³/mol. The average molecular weight is 458 g/mol. The molecule has 31 heavy (non-hydrogen) atoms. The van der Waals surface area contributed by atoms with E-state index in [1.54, 1.807) is 18.7 Å². The molecule has 1 N–H and O–H groups in total. The van der Waals surface area contributed by atoms with Crippen molar-refractivity contribution in [3.63, 3.8) is 0 Å². The molecular weight excluding hydrogens is 421 g/mol. The number of rotatable bonds is 13. The summed E-state index contributed by atoms with van der Waals surface area (Å²) in [4.78, 5) is 26.0. The number of aliphatic carboxylic acids is 1. The Balaban J connectivity index is 2.79. The minimum atomic E-state index is -3.76. The third-order valence-corrected chi connectivity index (χ3v) is 6.79. The van der Waals surface area contributed by atoms with Gasteiger partial charge < -0.3 is 23.8 Å². The van der Waals surface area contributed by atoms with Gasteiger partial charge in [-0.2, -0.15) is 0 Å². The van der Waals surface area contributed by atoms with E-state index in [1.165, 1.54) is 0 Å². The van der Waals surface area contributed by atoms with Crippen LogP contribution in [0.2, 0.25) is 0 Å². The second kappa shape index (κ2) is 12.8. The molecule has 1 aromatic rings. The summed E-state index contributed by atoms with van der Waals surface area (Å²) in [6.07, 6.45) is 0.657. The fraction of sp³-hybridized carbons (Fsp3) is 0.636. The van der Waals surface area contributed by atoms with Crippen molar-refractivity contribution in [3.8, 4) is 0 Å². The summed E-state index contributed by atoms with van der Waals surface area (Å²) in [5.74, 6) is -1.21. The lowest BCUT2D eigenvalue weighted by atomic mass is 10.1. The Morgan fingerprint density at radius 3 is 2.13 bits per heavy atom. The maximum Gasteiger partial charge on any atom is 0.410 e. The molecule has 0 saturated carbocycles. The lowest BCUT2D eigenvalue weighted by Gasteiger charge is -2.28. The van der Waals surface area contributed by atoms with Gasteiger partial charge in [0, 0.05) is 13.1 Å². The van der Waals surface area contributed by atoms with Gasteiger partial charge in [-0.1, -0.05) is 36.8 Å². The largest absolute Gasteiger partial charge is 0.481 e. The Kier molecular flexibility index (Phi) is 11.2. The first kappa shape index (κ1) is 27.1. The molecule has 0 spiro atoms. The minimum Gasteiger partial charge on any atom is -0.481 e. The monoisotopic (exact) mass is 457 g/mol. The summed E-state index contributed by atoms with van der Waals surface area (Å²) < 4.78 is 28.8. The van der Waals surface area contributed by atoms with E-state index in [4.69, 9.17) is 13.8 Å². The van der Waals surface area contributed by atoms with Crippen LogP contribution < -0.4 is 0 Å². The fourth-order valence-corrected chi connectivity index (χ4v) is 4.92. The number of carboxylic acid groups (broad SMARTS) is 1.